The SMILES string of the molecule is O=C(N/N=C/c1ccc(/C=N/NC(=O)C2CC2)cc1)C1CC1. The average Bonchev–Trinajstić information content (AvgIpc) is 3.41. The molecule has 1 aromatic carbocycles. The van der Waals surface area contributed by atoms with Crippen LogP contribution in [0.3, 0.4) is 0 Å². The van der Waals surface area contributed by atoms with Gasteiger partial charge >= 0.3 is 0 Å². The lowest BCUT2D eigenvalue weighted by atomic mass is 10.2. The van der Waals surface area contributed by atoms with Crippen LogP contribution in [0, 0.1) is 11.8 Å². The Bertz CT molecular complexity index is 559. The van der Waals surface area contributed by atoms with E-state index in [0.717, 1.165) is 36.8 Å². The topological polar surface area (TPSA) is 82.9 Å². The molecule has 2 amide bonds. The van der Waals surface area contributed by atoms with Gasteiger partial charge in [0.1, 0.15) is 0 Å². The molecule has 3 rings (SSSR count). The summed E-state index contributed by atoms with van der Waals surface area (Å²) in [5.74, 6) is 0.293. The Kier molecular flexibility index (Phi) is 4.27. The van der Waals surface area contributed by atoms with Crippen molar-refractivity contribution in [3.63, 3.8) is 0 Å². The Morgan fingerprint density at radius 2 is 1.18 bits per heavy atom. The molecule has 0 radical (unpaired) electrons. The highest BCUT2D eigenvalue weighted by Crippen LogP contribution is 2.29. The molecule has 0 aliphatic heterocycles. The van der Waals surface area contributed by atoms with Gasteiger partial charge in [0, 0.05) is 11.8 Å². The molecule has 2 N–H and O–H groups in total. The van der Waals surface area contributed by atoms with Gasteiger partial charge in [0.25, 0.3) is 0 Å². The minimum atomic E-state index is -0.00796. The normalized spacial score (nSPS) is 17.8. The minimum absolute atomic E-state index is 0.00796. The monoisotopic (exact) mass is 298 g/mol. The number of carbonyl (C=O) groups excluding carboxylic acids is 2. The van der Waals surface area contributed by atoms with E-state index in [-0.39, 0.29) is 23.7 Å². The maximum Gasteiger partial charge on any atom is 0.243 e. The minimum Gasteiger partial charge on any atom is -0.273 e. The third-order valence-corrected chi connectivity index (χ3v) is 3.61. The predicted octanol–water partition coefficient (Wildman–Crippen LogP) is 1.41. The first-order valence-electron chi connectivity index (χ1n) is 7.48. The molecule has 2 fully saturated rings. The number of nitrogens with zero attached hydrogens (tertiary/aromatic N) is 2. The van der Waals surface area contributed by atoms with Gasteiger partial charge in [-0.25, -0.2) is 10.9 Å². The molecule has 2 aliphatic rings. The average molecular weight is 298 g/mol. The number of nitrogens with one attached hydrogen (secondary N) is 2. The largest absolute Gasteiger partial charge is 0.273 e. The number of hydrogen-bond donors (Lipinski definition) is 2. The first-order valence-corrected chi connectivity index (χ1v) is 7.48. The molecule has 0 heterocycles. The molecule has 2 saturated carbocycles. The maximum atomic E-state index is 11.4. The van der Waals surface area contributed by atoms with E-state index in [9.17, 15) is 9.59 Å². The predicted molar refractivity (Wildman–Crippen MR) is 83.4 cm³/mol. The third-order valence-electron chi connectivity index (χ3n) is 3.61. The van der Waals surface area contributed by atoms with Crippen molar-refractivity contribution in [1.82, 2.24) is 10.9 Å². The van der Waals surface area contributed by atoms with Crippen LogP contribution in [0.4, 0.5) is 0 Å². The zero-order chi connectivity index (χ0) is 15.4. The van der Waals surface area contributed by atoms with E-state index < -0.39 is 0 Å². The Morgan fingerprint density at radius 3 is 1.50 bits per heavy atom. The second-order valence-corrected chi connectivity index (χ2v) is 5.68. The molecule has 0 saturated heterocycles. The van der Waals surface area contributed by atoms with Gasteiger partial charge in [-0.3, -0.25) is 9.59 Å². The molecule has 0 aromatic heterocycles. The zero-order valence-corrected chi connectivity index (χ0v) is 12.2. The second kappa shape index (κ2) is 6.51. The van der Waals surface area contributed by atoms with E-state index in [0.29, 0.717) is 0 Å². The molecule has 6 nitrogen and oxygen atoms in total. The van der Waals surface area contributed by atoms with Crippen molar-refractivity contribution in [1.29, 1.82) is 0 Å². The quantitative estimate of drug-likeness (QED) is 0.615. The van der Waals surface area contributed by atoms with Crippen LogP contribution in [0.1, 0.15) is 36.8 Å². The van der Waals surface area contributed by atoms with Crippen LogP contribution in [0.15, 0.2) is 34.5 Å². The van der Waals surface area contributed by atoms with Gasteiger partial charge in [0.2, 0.25) is 11.8 Å². The third kappa shape index (κ3) is 4.25. The molecule has 0 unspecified atom stereocenters. The Labute approximate surface area is 128 Å². The second-order valence-electron chi connectivity index (χ2n) is 5.68. The summed E-state index contributed by atoms with van der Waals surface area (Å²) < 4.78 is 0. The maximum absolute atomic E-state index is 11.4. The smallest absolute Gasteiger partial charge is 0.243 e. The summed E-state index contributed by atoms with van der Waals surface area (Å²) in [5, 5.41) is 7.86. The van der Waals surface area contributed by atoms with Gasteiger partial charge < -0.3 is 0 Å². The van der Waals surface area contributed by atoms with Crippen molar-refractivity contribution in [3.8, 4) is 0 Å². The van der Waals surface area contributed by atoms with E-state index in [2.05, 4.69) is 21.1 Å². The molecule has 2 aliphatic carbocycles. The number of hydrogen-bond acceptors (Lipinski definition) is 4. The van der Waals surface area contributed by atoms with E-state index in [4.69, 9.17) is 0 Å². The van der Waals surface area contributed by atoms with Crippen LogP contribution in [0.25, 0.3) is 0 Å². The number of amides is 2. The summed E-state index contributed by atoms with van der Waals surface area (Å²) in [4.78, 5) is 22.8. The summed E-state index contributed by atoms with van der Waals surface area (Å²) in [6.45, 7) is 0. The first kappa shape index (κ1) is 14.4. The molecular formula is C16H18N4O2. The van der Waals surface area contributed by atoms with Gasteiger partial charge in [0.15, 0.2) is 0 Å². The van der Waals surface area contributed by atoms with Crippen molar-refractivity contribution in [2.45, 2.75) is 25.7 Å². The van der Waals surface area contributed by atoms with E-state index in [1.54, 1.807) is 12.4 Å². The van der Waals surface area contributed by atoms with Crippen LogP contribution in [-0.4, -0.2) is 24.2 Å². The Hall–Kier alpha value is -2.50. The lowest BCUT2D eigenvalue weighted by Crippen LogP contribution is -2.19. The highest BCUT2D eigenvalue weighted by Gasteiger charge is 2.29. The van der Waals surface area contributed by atoms with Crippen molar-refractivity contribution < 1.29 is 9.59 Å². The fourth-order valence-corrected chi connectivity index (χ4v) is 1.88. The summed E-state index contributed by atoms with van der Waals surface area (Å²) in [7, 11) is 0. The van der Waals surface area contributed by atoms with Gasteiger partial charge in [-0.15, -0.1) is 0 Å². The fourth-order valence-electron chi connectivity index (χ4n) is 1.88. The van der Waals surface area contributed by atoms with Crippen molar-refractivity contribution >= 4 is 24.2 Å². The Morgan fingerprint density at radius 1 is 0.818 bits per heavy atom. The Balaban J connectivity index is 1.46. The highest BCUT2D eigenvalue weighted by atomic mass is 16.2. The number of carbonyl (C=O) groups is 2. The van der Waals surface area contributed by atoms with Gasteiger partial charge in [-0.2, -0.15) is 10.2 Å². The van der Waals surface area contributed by atoms with Gasteiger partial charge in [-0.1, -0.05) is 24.3 Å². The van der Waals surface area contributed by atoms with E-state index in [1.165, 1.54) is 0 Å². The van der Waals surface area contributed by atoms with Crippen molar-refractivity contribution in [2.75, 3.05) is 0 Å². The zero-order valence-electron chi connectivity index (χ0n) is 12.2. The highest BCUT2D eigenvalue weighted by molar-refractivity contribution is 5.87. The van der Waals surface area contributed by atoms with Crippen molar-refractivity contribution in [2.24, 2.45) is 22.0 Å². The van der Waals surface area contributed by atoms with Gasteiger partial charge in [-0.05, 0) is 36.8 Å². The molecule has 1 aromatic rings. The number of hydrazone groups is 2. The number of rotatable bonds is 6. The van der Waals surface area contributed by atoms with Crippen LogP contribution in [0.2, 0.25) is 0 Å². The van der Waals surface area contributed by atoms with E-state index >= 15 is 0 Å². The van der Waals surface area contributed by atoms with Crippen LogP contribution in [-0.2, 0) is 9.59 Å². The van der Waals surface area contributed by atoms with Gasteiger partial charge in [0.05, 0.1) is 12.4 Å². The molecule has 0 bridgehead atoms. The molecule has 6 heteroatoms. The summed E-state index contributed by atoms with van der Waals surface area (Å²) in [6, 6.07) is 7.49. The van der Waals surface area contributed by atoms with Crippen molar-refractivity contribution in [3.05, 3.63) is 35.4 Å². The standard InChI is InChI=1S/C16H18N4O2/c21-15(13-5-6-13)19-17-9-11-1-2-12(4-3-11)10-18-20-16(22)14-7-8-14/h1-4,9-10,13-14H,5-8H2,(H,19,21)(H,20,22)/b17-9+,18-10+. The van der Waals surface area contributed by atoms with E-state index in [1.807, 2.05) is 24.3 Å². The van der Waals surface area contributed by atoms with Crippen LogP contribution < -0.4 is 10.9 Å². The summed E-state index contributed by atoms with van der Waals surface area (Å²) in [5.41, 5.74) is 6.82. The summed E-state index contributed by atoms with van der Waals surface area (Å²) in [6.07, 6.45) is 7.07. The molecule has 0 spiro atoms. The fraction of sp³-hybridized carbons (Fsp3) is 0.375. The first-order chi connectivity index (χ1) is 10.7. The molecule has 0 atom stereocenters. The number of benzene rings is 1. The van der Waals surface area contributed by atoms with Crippen LogP contribution >= 0.6 is 0 Å². The summed E-state index contributed by atoms with van der Waals surface area (Å²) >= 11 is 0. The molecule has 114 valence electrons. The molecular weight excluding hydrogens is 280 g/mol. The molecule has 22 heavy (non-hydrogen) atoms. The lowest BCUT2D eigenvalue weighted by molar-refractivity contribution is -0.123. The van der Waals surface area contributed by atoms with Crippen LogP contribution in [0.5, 0.6) is 0 Å². The lowest BCUT2D eigenvalue weighted by Gasteiger charge is -1.98.